The van der Waals surface area contributed by atoms with Gasteiger partial charge in [-0.1, -0.05) is 4.49 Å². The maximum absolute atomic E-state index is 11.4. The van der Waals surface area contributed by atoms with Crippen molar-refractivity contribution < 1.29 is 14.7 Å². The molecule has 0 radical (unpaired) electrons. The second-order valence-corrected chi connectivity index (χ2v) is 3.47. The van der Waals surface area contributed by atoms with Gasteiger partial charge in [-0.3, -0.25) is 9.59 Å². The number of rotatable bonds is 3. The molecule has 1 amide bonds. The summed E-state index contributed by atoms with van der Waals surface area (Å²) in [7, 11) is 0. The highest BCUT2D eigenvalue weighted by Crippen LogP contribution is 2.08. The second-order valence-electron chi connectivity index (χ2n) is 2.72. The number of amides is 1. The van der Waals surface area contributed by atoms with Crippen LogP contribution < -0.4 is 5.32 Å². The van der Waals surface area contributed by atoms with Gasteiger partial charge in [-0.25, -0.2) is 0 Å². The average Bonchev–Trinajstić information content (AvgIpc) is 2.51. The van der Waals surface area contributed by atoms with Crippen LogP contribution in [0.25, 0.3) is 0 Å². The molecule has 0 saturated heterocycles. The Labute approximate surface area is 84.1 Å². The zero-order valence-electron chi connectivity index (χ0n) is 7.64. The first-order chi connectivity index (χ1) is 6.52. The Bertz CT molecular complexity index is 363. The van der Waals surface area contributed by atoms with Crippen LogP contribution in [0, 0.1) is 6.92 Å². The number of carboxylic acids is 1. The van der Waals surface area contributed by atoms with Gasteiger partial charge in [-0.2, -0.15) is 0 Å². The zero-order chi connectivity index (χ0) is 10.7. The van der Waals surface area contributed by atoms with Gasteiger partial charge in [-0.05, 0) is 25.4 Å². The van der Waals surface area contributed by atoms with Crippen LogP contribution in [-0.4, -0.2) is 32.6 Å². The molecule has 0 aliphatic heterocycles. The van der Waals surface area contributed by atoms with Gasteiger partial charge in [0.25, 0.3) is 5.91 Å². The first kappa shape index (κ1) is 10.6. The second kappa shape index (κ2) is 4.14. The number of hydrogen-bond donors (Lipinski definition) is 2. The fourth-order valence-corrected chi connectivity index (χ4v) is 1.32. The molecule has 6 nitrogen and oxygen atoms in total. The van der Waals surface area contributed by atoms with E-state index in [1.807, 2.05) is 0 Å². The Morgan fingerprint density at radius 3 is 2.64 bits per heavy atom. The third kappa shape index (κ3) is 2.25. The number of nitrogens with one attached hydrogen (secondary N) is 1. The van der Waals surface area contributed by atoms with Crippen molar-refractivity contribution in [1.82, 2.24) is 14.9 Å². The highest BCUT2D eigenvalue weighted by atomic mass is 32.1. The van der Waals surface area contributed by atoms with E-state index in [0.717, 1.165) is 11.5 Å². The standard InChI is InChI=1S/C7H9N3O3S/c1-3-5(14-10-9-3)6(11)8-4(2)7(12)13/h4H,1-2H3,(H,8,11)(H,12,13)/t4-/m0/s1. The Hall–Kier alpha value is -1.50. The summed E-state index contributed by atoms with van der Waals surface area (Å²) in [6.07, 6.45) is 0. The quantitative estimate of drug-likeness (QED) is 0.743. The van der Waals surface area contributed by atoms with E-state index in [1.165, 1.54) is 6.92 Å². The number of carbonyl (C=O) groups is 2. The van der Waals surface area contributed by atoms with Crippen molar-refractivity contribution in [2.45, 2.75) is 19.9 Å². The lowest BCUT2D eigenvalue weighted by Crippen LogP contribution is -2.38. The van der Waals surface area contributed by atoms with Crippen LogP contribution in [0.1, 0.15) is 22.3 Å². The van der Waals surface area contributed by atoms with Gasteiger partial charge < -0.3 is 10.4 Å². The molecule has 0 saturated carbocycles. The summed E-state index contributed by atoms with van der Waals surface area (Å²) in [5.74, 6) is -1.53. The smallest absolute Gasteiger partial charge is 0.325 e. The van der Waals surface area contributed by atoms with E-state index in [1.54, 1.807) is 6.92 Å². The van der Waals surface area contributed by atoms with Crippen LogP contribution in [-0.2, 0) is 4.79 Å². The van der Waals surface area contributed by atoms with E-state index in [0.29, 0.717) is 10.6 Å². The molecule has 0 aromatic carbocycles. The Morgan fingerprint density at radius 2 is 2.21 bits per heavy atom. The lowest BCUT2D eigenvalue weighted by atomic mass is 10.3. The van der Waals surface area contributed by atoms with Crippen molar-refractivity contribution >= 4 is 23.4 Å². The summed E-state index contributed by atoms with van der Waals surface area (Å²) in [6.45, 7) is 3.04. The molecule has 1 aromatic heterocycles. The number of aryl methyl sites for hydroxylation is 1. The SMILES string of the molecule is Cc1nnsc1C(=O)N[C@@H](C)C(=O)O. The number of carbonyl (C=O) groups excluding carboxylic acids is 1. The highest BCUT2D eigenvalue weighted by molar-refractivity contribution is 7.08. The Kier molecular flexibility index (Phi) is 3.13. The van der Waals surface area contributed by atoms with Crippen LogP contribution in [0.3, 0.4) is 0 Å². The van der Waals surface area contributed by atoms with Crippen molar-refractivity contribution in [3.05, 3.63) is 10.6 Å². The molecule has 1 atom stereocenters. The van der Waals surface area contributed by atoms with Crippen LogP contribution in [0.5, 0.6) is 0 Å². The minimum atomic E-state index is -1.08. The summed E-state index contributed by atoms with van der Waals surface area (Å²) < 4.78 is 3.58. The summed E-state index contributed by atoms with van der Waals surface area (Å²) in [6, 6.07) is -0.913. The van der Waals surface area contributed by atoms with Gasteiger partial charge in [0.2, 0.25) is 0 Å². The first-order valence-electron chi connectivity index (χ1n) is 3.85. The summed E-state index contributed by atoms with van der Waals surface area (Å²) in [5, 5.41) is 14.5. The first-order valence-corrected chi connectivity index (χ1v) is 4.62. The zero-order valence-corrected chi connectivity index (χ0v) is 8.46. The molecule has 0 bridgehead atoms. The molecule has 7 heteroatoms. The fourth-order valence-electron chi connectivity index (χ4n) is 0.764. The Balaban J connectivity index is 2.69. The molecule has 0 aliphatic carbocycles. The molecule has 2 N–H and O–H groups in total. The fraction of sp³-hybridized carbons (Fsp3) is 0.429. The number of aromatic nitrogens is 2. The van der Waals surface area contributed by atoms with E-state index >= 15 is 0 Å². The van der Waals surface area contributed by atoms with E-state index < -0.39 is 17.9 Å². The normalized spacial score (nSPS) is 12.1. The van der Waals surface area contributed by atoms with Crippen molar-refractivity contribution in [2.24, 2.45) is 0 Å². The predicted octanol–water partition coefficient (Wildman–Crippen LogP) is 0.0494. The minimum absolute atomic E-state index is 0.345. The lowest BCUT2D eigenvalue weighted by Gasteiger charge is -2.07. The van der Waals surface area contributed by atoms with Crippen molar-refractivity contribution in [1.29, 1.82) is 0 Å². The summed E-state index contributed by atoms with van der Waals surface area (Å²) >= 11 is 0.945. The van der Waals surface area contributed by atoms with Gasteiger partial charge in [0, 0.05) is 0 Å². The predicted molar refractivity (Wildman–Crippen MR) is 49.2 cm³/mol. The number of hydrogen-bond acceptors (Lipinski definition) is 5. The monoisotopic (exact) mass is 215 g/mol. The summed E-state index contributed by atoms with van der Waals surface area (Å²) in [5.41, 5.74) is 0.505. The van der Waals surface area contributed by atoms with Crippen LogP contribution in [0.15, 0.2) is 0 Å². The summed E-state index contributed by atoms with van der Waals surface area (Å²) in [4.78, 5) is 22.2. The van der Waals surface area contributed by atoms with Gasteiger partial charge >= 0.3 is 5.97 Å². The molecule has 14 heavy (non-hydrogen) atoms. The lowest BCUT2D eigenvalue weighted by molar-refractivity contribution is -0.138. The molecule has 0 aliphatic rings. The molecular weight excluding hydrogens is 206 g/mol. The molecule has 0 unspecified atom stereocenters. The molecule has 1 rings (SSSR count). The van der Waals surface area contributed by atoms with E-state index in [2.05, 4.69) is 14.9 Å². The van der Waals surface area contributed by atoms with Crippen LogP contribution in [0.2, 0.25) is 0 Å². The third-order valence-corrected chi connectivity index (χ3v) is 2.40. The topological polar surface area (TPSA) is 92.2 Å². The third-order valence-electron chi connectivity index (χ3n) is 1.58. The van der Waals surface area contributed by atoms with Gasteiger partial charge in [0.1, 0.15) is 10.9 Å². The Morgan fingerprint density at radius 1 is 1.57 bits per heavy atom. The average molecular weight is 215 g/mol. The maximum atomic E-state index is 11.4. The number of carboxylic acid groups (broad SMARTS) is 1. The van der Waals surface area contributed by atoms with Crippen LogP contribution >= 0.6 is 11.5 Å². The van der Waals surface area contributed by atoms with Crippen LogP contribution in [0.4, 0.5) is 0 Å². The van der Waals surface area contributed by atoms with E-state index in [9.17, 15) is 9.59 Å². The number of aliphatic carboxylic acids is 1. The largest absolute Gasteiger partial charge is 0.480 e. The van der Waals surface area contributed by atoms with Gasteiger partial charge in [0.15, 0.2) is 0 Å². The van der Waals surface area contributed by atoms with Crippen molar-refractivity contribution in [2.75, 3.05) is 0 Å². The molecular formula is C7H9N3O3S. The minimum Gasteiger partial charge on any atom is -0.480 e. The maximum Gasteiger partial charge on any atom is 0.325 e. The van der Waals surface area contributed by atoms with E-state index in [-0.39, 0.29) is 0 Å². The molecule has 1 aromatic rings. The molecule has 0 spiro atoms. The van der Waals surface area contributed by atoms with Crippen molar-refractivity contribution in [3.8, 4) is 0 Å². The van der Waals surface area contributed by atoms with Gasteiger partial charge in [-0.15, -0.1) is 5.10 Å². The number of nitrogens with zero attached hydrogens (tertiary/aromatic N) is 2. The van der Waals surface area contributed by atoms with Crippen molar-refractivity contribution in [3.63, 3.8) is 0 Å². The van der Waals surface area contributed by atoms with E-state index in [4.69, 9.17) is 5.11 Å². The molecule has 1 heterocycles. The molecule has 76 valence electrons. The van der Waals surface area contributed by atoms with Gasteiger partial charge in [0.05, 0.1) is 5.69 Å². The highest BCUT2D eigenvalue weighted by Gasteiger charge is 2.18. The molecule has 0 fully saturated rings.